The van der Waals surface area contributed by atoms with Gasteiger partial charge in [0.05, 0.1) is 31.6 Å². The van der Waals surface area contributed by atoms with Gasteiger partial charge in [0.15, 0.2) is 0 Å². The summed E-state index contributed by atoms with van der Waals surface area (Å²) in [5.41, 5.74) is 2.89. The summed E-state index contributed by atoms with van der Waals surface area (Å²) >= 11 is 0. The first-order chi connectivity index (χ1) is 17.7. The molecule has 0 aliphatic carbocycles. The van der Waals surface area contributed by atoms with Gasteiger partial charge in [-0.15, -0.1) is 0 Å². The zero-order chi connectivity index (χ0) is 26.8. The van der Waals surface area contributed by atoms with Crippen molar-refractivity contribution in [2.24, 2.45) is 0 Å². The molecule has 1 amide bonds. The van der Waals surface area contributed by atoms with E-state index in [9.17, 15) is 18.0 Å². The molecule has 3 aromatic rings. The normalized spacial score (nSPS) is 11.2. The van der Waals surface area contributed by atoms with E-state index < -0.39 is 15.9 Å². The number of hydrogen-bond donors (Lipinski definition) is 1. The molecule has 0 aliphatic rings. The van der Waals surface area contributed by atoms with Crippen LogP contribution in [0, 0.1) is 6.92 Å². The molecular formula is C28H32N2O6S. The number of ether oxygens (including phenoxy) is 2. The fourth-order valence-electron chi connectivity index (χ4n) is 3.79. The first-order valence-corrected chi connectivity index (χ1v) is 13.4. The molecule has 0 heterocycles. The minimum absolute atomic E-state index is 0.0926. The van der Waals surface area contributed by atoms with Crippen molar-refractivity contribution in [3.8, 4) is 5.75 Å². The number of aryl methyl sites for hydroxylation is 1. The molecular weight excluding hydrogens is 492 g/mol. The summed E-state index contributed by atoms with van der Waals surface area (Å²) in [5.74, 6) is -0.216. The van der Waals surface area contributed by atoms with Crippen molar-refractivity contribution in [1.29, 1.82) is 0 Å². The highest BCUT2D eigenvalue weighted by molar-refractivity contribution is 7.89. The second kappa shape index (κ2) is 13.0. The van der Waals surface area contributed by atoms with Crippen LogP contribution in [0.3, 0.4) is 0 Å². The predicted molar refractivity (Wildman–Crippen MR) is 142 cm³/mol. The molecule has 0 spiro atoms. The quantitative estimate of drug-likeness (QED) is 0.360. The molecule has 0 saturated heterocycles. The Morgan fingerprint density at radius 1 is 0.946 bits per heavy atom. The van der Waals surface area contributed by atoms with E-state index in [0.29, 0.717) is 30.0 Å². The van der Waals surface area contributed by atoms with Crippen LogP contribution in [0.25, 0.3) is 0 Å². The molecule has 0 fully saturated rings. The Kier molecular flexibility index (Phi) is 9.82. The highest BCUT2D eigenvalue weighted by Crippen LogP contribution is 2.24. The molecule has 3 aromatic carbocycles. The number of methoxy groups -OCH3 is 1. The van der Waals surface area contributed by atoms with Crippen LogP contribution in [0.15, 0.2) is 77.7 Å². The summed E-state index contributed by atoms with van der Waals surface area (Å²) in [5, 5.41) is 2.75. The van der Waals surface area contributed by atoms with Crippen molar-refractivity contribution < 1.29 is 27.5 Å². The van der Waals surface area contributed by atoms with E-state index in [1.807, 2.05) is 30.3 Å². The lowest BCUT2D eigenvalue weighted by atomic mass is 10.1. The highest BCUT2D eigenvalue weighted by atomic mass is 32.2. The largest absolute Gasteiger partial charge is 0.496 e. The molecule has 0 atom stereocenters. The summed E-state index contributed by atoms with van der Waals surface area (Å²) in [7, 11) is -2.44. The SMILES string of the molecule is CCOC(=O)Cc1ccc(NC(=O)CN(CCc2ccccc2)S(=O)(=O)c2ccc(OC)c(C)c2)cc1. The number of esters is 1. The Morgan fingerprint density at radius 3 is 2.27 bits per heavy atom. The Morgan fingerprint density at radius 2 is 1.65 bits per heavy atom. The molecule has 0 radical (unpaired) electrons. The predicted octanol–water partition coefficient (Wildman–Crippen LogP) is 3.98. The molecule has 37 heavy (non-hydrogen) atoms. The smallest absolute Gasteiger partial charge is 0.310 e. The summed E-state index contributed by atoms with van der Waals surface area (Å²) in [6, 6.07) is 20.9. The molecule has 0 aromatic heterocycles. The molecule has 9 heteroatoms. The Bertz CT molecular complexity index is 1310. The van der Waals surface area contributed by atoms with Crippen LogP contribution in [0.4, 0.5) is 5.69 Å². The number of amides is 1. The van der Waals surface area contributed by atoms with Gasteiger partial charge in [0.25, 0.3) is 0 Å². The third-order valence-corrected chi connectivity index (χ3v) is 7.55. The number of benzene rings is 3. The summed E-state index contributed by atoms with van der Waals surface area (Å²) < 4.78 is 38.5. The number of hydrogen-bond acceptors (Lipinski definition) is 6. The first kappa shape index (κ1) is 27.9. The van der Waals surface area contributed by atoms with Gasteiger partial charge in [-0.25, -0.2) is 8.42 Å². The van der Waals surface area contributed by atoms with Gasteiger partial charge in [-0.1, -0.05) is 42.5 Å². The van der Waals surface area contributed by atoms with E-state index in [1.54, 1.807) is 50.2 Å². The molecule has 0 aliphatic heterocycles. The molecule has 196 valence electrons. The van der Waals surface area contributed by atoms with Crippen molar-refractivity contribution in [1.82, 2.24) is 4.31 Å². The minimum atomic E-state index is -3.97. The van der Waals surface area contributed by atoms with Crippen molar-refractivity contribution >= 4 is 27.6 Å². The third kappa shape index (κ3) is 7.90. The van der Waals surface area contributed by atoms with Gasteiger partial charge >= 0.3 is 5.97 Å². The van der Waals surface area contributed by atoms with Gasteiger partial charge in [-0.3, -0.25) is 9.59 Å². The monoisotopic (exact) mass is 524 g/mol. The average molecular weight is 525 g/mol. The van der Waals surface area contributed by atoms with E-state index in [4.69, 9.17) is 9.47 Å². The molecule has 8 nitrogen and oxygen atoms in total. The number of nitrogens with zero attached hydrogens (tertiary/aromatic N) is 1. The number of sulfonamides is 1. The van der Waals surface area contributed by atoms with Crippen LogP contribution >= 0.6 is 0 Å². The summed E-state index contributed by atoms with van der Waals surface area (Å²) in [4.78, 5) is 24.7. The van der Waals surface area contributed by atoms with E-state index >= 15 is 0 Å². The van der Waals surface area contributed by atoms with Gasteiger partial charge in [-0.2, -0.15) is 4.31 Å². The van der Waals surface area contributed by atoms with Crippen molar-refractivity contribution in [2.45, 2.75) is 31.6 Å². The van der Waals surface area contributed by atoms with Gasteiger partial charge in [0.2, 0.25) is 15.9 Å². The summed E-state index contributed by atoms with van der Waals surface area (Å²) in [6.07, 6.45) is 0.583. The number of nitrogens with one attached hydrogen (secondary N) is 1. The number of carbonyl (C=O) groups excluding carboxylic acids is 2. The third-order valence-electron chi connectivity index (χ3n) is 5.71. The number of anilines is 1. The Hall–Kier alpha value is -3.69. The van der Waals surface area contributed by atoms with E-state index in [1.165, 1.54) is 17.5 Å². The molecule has 0 bridgehead atoms. The van der Waals surface area contributed by atoms with Crippen LogP contribution < -0.4 is 10.1 Å². The Labute approximate surface area is 218 Å². The maximum absolute atomic E-state index is 13.6. The van der Waals surface area contributed by atoms with Crippen molar-refractivity contribution in [3.05, 3.63) is 89.5 Å². The van der Waals surface area contributed by atoms with Gasteiger partial charge in [-0.05, 0) is 67.3 Å². The number of rotatable bonds is 12. The molecule has 3 rings (SSSR count). The zero-order valence-electron chi connectivity index (χ0n) is 21.3. The standard InChI is InChI=1S/C28H32N2O6S/c1-4-36-28(32)19-23-10-12-24(13-11-23)29-27(31)20-30(17-16-22-8-6-5-7-9-22)37(33,34)25-14-15-26(35-3)21(2)18-25/h5-15,18H,4,16-17,19-20H2,1-3H3,(H,29,31). The summed E-state index contributed by atoms with van der Waals surface area (Å²) in [6.45, 7) is 3.60. The maximum Gasteiger partial charge on any atom is 0.310 e. The number of carbonyl (C=O) groups is 2. The van der Waals surface area contributed by atoms with Crippen LogP contribution in [0.1, 0.15) is 23.6 Å². The molecule has 0 saturated carbocycles. The first-order valence-electron chi connectivity index (χ1n) is 12.0. The van der Waals surface area contributed by atoms with Crippen molar-refractivity contribution in [2.75, 3.05) is 32.1 Å². The lowest BCUT2D eigenvalue weighted by Crippen LogP contribution is -2.39. The fourth-order valence-corrected chi connectivity index (χ4v) is 5.27. The Balaban J connectivity index is 1.76. The van der Waals surface area contributed by atoms with Crippen molar-refractivity contribution in [3.63, 3.8) is 0 Å². The molecule has 1 N–H and O–H groups in total. The van der Waals surface area contributed by atoms with Crippen LogP contribution in [-0.2, 0) is 37.2 Å². The fraction of sp³-hybridized carbons (Fsp3) is 0.286. The molecule has 0 unspecified atom stereocenters. The lowest BCUT2D eigenvalue weighted by molar-refractivity contribution is -0.142. The van der Waals surface area contributed by atoms with Gasteiger partial charge in [0.1, 0.15) is 5.75 Å². The van der Waals surface area contributed by atoms with Crippen LogP contribution in [-0.4, -0.2) is 51.4 Å². The lowest BCUT2D eigenvalue weighted by Gasteiger charge is -2.22. The topological polar surface area (TPSA) is 102 Å². The van der Waals surface area contributed by atoms with Gasteiger partial charge < -0.3 is 14.8 Å². The second-order valence-electron chi connectivity index (χ2n) is 8.43. The van der Waals surface area contributed by atoms with Gasteiger partial charge in [0, 0.05) is 12.2 Å². The maximum atomic E-state index is 13.6. The van der Waals surface area contributed by atoms with Crippen LogP contribution in [0.5, 0.6) is 5.75 Å². The van der Waals surface area contributed by atoms with E-state index in [-0.39, 0.29) is 30.4 Å². The van der Waals surface area contributed by atoms with E-state index in [0.717, 1.165) is 11.1 Å². The highest BCUT2D eigenvalue weighted by Gasteiger charge is 2.27. The van der Waals surface area contributed by atoms with Crippen LogP contribution in [0.2, 0.25) is 0 Å². The zero-order valence-corrected chi connectivity index (χ0v) is 22.1. The van der Waals surface area contributed by atoms with E-state index in [2.05, 4.69) is 5.32 Å². The average Bonchev–Trinajstić information content (AvgIpc) is 2.88. The second-order valence-corrected chi connectivity index (χ2v) is 10.4. The minimum Gasteiger partial charge on any atom is -0.496 e.